The topological polar surface area (TPSA) is 128 Å². The highest BCUT2D eigenvalue weighted by atomic mass is 16.7. The number of hydrogen-bond acceptors (Lipinski definition) is 8. The maximum absolute atomic E-state index is 12.9. The van der Waals surface area contributed by atoms with E-state index < -0.39 is 23.7 Å². The number of anilines is 1. The molecule has 1 amide bonds. The monoisotopic (exact) mass is 482 g/mol. The van der Waals surface area contributed by atoms with Crippen molar-refractivity contribution in [3.8, 4) is 0 Å². The van der Waals surface area contributed by atoms with Gasteiger partial charge in [-0.15, -0.1) is 0 Å². The molecule has 10 heteroatoms. The molecule has 1 aliphatic rings. The molecular formula is C25H30N4O6. The molecule has 2 N–H and O–H groups in total. The van der Waals surface area contributed by atoms with Gasteiger partial charge in [-0.05, 0) is 20.3 Å². The van der Waals surface area contributed by atoms with Gasteiger partial charge in [0.15, 0.2) is 11.8 Å². The number of amides is 1. The number of hydrogen-bond donors (Lipinski definition) is 2. The van der Waals surface area contributed by atoms with Crippen LogP contribution in [-0.2, 0) is 35.8 Å². The van der Waals surface area contributed by atoms with E-state index in [9.17, 15) is 19.2 Å². The lowest BCUT2D eigenvalue weighted by molar-refractivity contribution is -0.152. The first-order valence-electron chi connectivity index (χ1n) is 11.5. The molecule has 1 aromatic heterocycles. The number of rotatable bonds is 11. The molecule has 0 fully saturated rings. The van der Waals surface area contributed by atoms with E-state index in [1.54, 1.807) is 13.1 Å². The van der Waals surface area contributed by atoms with Gasteiger partial charge in [-0.2, -0.15) is 5.48 Å². The third kappa shape index (κ3) is 6.63. The maximum atomic E-state index is 12.9. The van der Waals surface area contributed by atoms with Gasteiger partial charge in [0.05, 0.1) is 24.4 Å². The first kappa shape index (κ1) is 25.8. The van der Waals surface area contributed by atoms with Crippen molar-refractivity contribution in [2.45, 2.75) is 45.6 Å². The Labute approximate surface area is 203 Å². The summed E-state index contributed by atoms with van der Waals surface area (Å²) in [5.41, 5.74) is 6.04. The zero-order chi connectivity index (χ0) is 25.4. The first-order chi connectivity index (χ1) is 16.8. The van der Waals surface area contributed by atoms with Crippen molar-refractivity contribution < 1.29 is 28.8 Å². The van der Waals surface area contributed by atoms with Gasteiger partial charge in [-0.3, -0.25) is 24.2 Å². The largest absolute Gasteiger partial charge is 0.466 e. The normalized spacial score (nSPS) is 14.9. The van der Waals surface area contributed by atoms with Crippen LogP contribution in [0, 0.1) is 6.92 Å². The zero-order valence-electron chi connectivity index (χ0n) is 20.1. The SMILES string of the molecule is CCOC(=O)CCCNOC(=O)CCC(=O)C1N=C(c2ccccc2)c2c(cn(C)c2C)NC1=O. The summed E-state index contributed by atoms with van der Waals surface area (Å²) in [6, 6.07) is 8.06. The lowest BCUT2D eigenvalue weighted by Crippen LogP contribution is -2.33. The summed E-state index contributed by atoms with van der Waals surface area (Å²) in [6.45, 7) is 4.23. The molecule has 2 heterocycles. The number of benzene rings is 1. The van der Waals surface area contributed by atoms with Crippen molar-refractivity contribution in [2.24, 2.45) is 12.0 Å². The van der Waals surface area contributed by atoms with Crippen molar-refractivity contribution in [1.29, 1.82) is 0 Å². The third-order valence-electron chi connectivity index (χ3n) is 5.56. The highest BCUT2D eigenvalue weighted by Crippen LogP contribution is 2.29. The second kappa shape index (κ2) is 12.1. The molecule has 35 heavy (non-hydrogen) atoms. The number of fused-ring (bicyclic) bond motifs is 1. The van der Waals surface area contributed by atoms with Gasteiger partial charge < -0.3 is 19.5 Å². The predicted octanol–water partition coefficient (Wildman–Crippen LogP) is 2.23. The van der Waals surface area contributed by atoms with Gasteiger partial charge in [0.2, 0.25) is 0 Å². The van der Waals surface area contributed by atoms with Gasteiger partial charge in [0.25, 0.3) is 5.91 Å². The van der Waals surface area contributed by atoms with E-state index in [2.05, 4.69) is 15.8 Å². The third-order valence-corrected chi connectivity index (χ3v) is 5.56. The standard InChI is InChI=1S/C25H30N4O6/c1-4-34-20(31)11-8-14-26-35-21(32)13-12-19(30)24-25(33)27-18-15-29(3)16(2)22(18)23(28-24)17-9-6-5-7-10-17/h5-7,9-10,15,24,26H,4,8,11-14H2,1-3H3,(H,27,33). The van der Waals surface area contributed by atoms with E-state index in [1.807, 2.05) is 48.9 Å². The number of esters is 1. The van der Waals surface area contributed by atoms with Crippen LogP contribution < -0.4 is 10.8 Å². The smallest absolute Gasteiger partial charge is 0.325 e. The molecule has 1 atom stereocenters. The number of aryl methyl sites for hydroxylation is 1. The van der Waals surface area contributed by atoms with E-state index in [0.29, 0.717) is 24.4 Å². The Morgan fingerprint density at radius 3 is 2.57 bits per heavy atom. The first-order valence-corrected chi connectivity index (χ1v) is 11.5. The second-order valence-electron chi connectivity index (χ2n) is 8.09. The number of aliphatic imine (C=N–C) groups is 1. The van der Waals surface area contributed by atoms with Crippen LogP contribution in [0.1, 0.15) is 49.4 Å². The Morgan fingerprint density at radius 1 is 1.11 bits per heavy atom. The Kier molecular flexibility index (Phi) is 8.91. The van der Waals surface area contributed by atoms with Crippen LogP contribution in [0.2, 0.25) is 0 Å². The summed E-state index contributed by atoms with van der Waals surface area (Å²) in [6.07, 6.45) is 2.02. The quantitative estimate of drug-likeness (QED) is 0.218. The summed E-state index contributed by atoms with van der Waals surface area (Å²) in [5, 5.41) is 2.81. The predicted molar refractivity (Wildman–Crippen MR) is 129 cm³/mol. The highest BCUT2D eigenvalue weighted by Gasteiger charge is 2.33. The average Bonchev–Trinajstić information content (AvgIpc) is 3.02. The number of hydroxylamine groups is 1. The molecule has 1 aromatic carbocycles. The van der Waals surface area contributed by atoms with Crippen LogP contribution in [0.25, 0.3) is 0 Å². The fourth-order valence-electron chi connectivity index (χ4n) is 3.69. The molecule has 0 bridgehead atoms. The maximum Gasteiger partial charge on any atom is 0.325 e. The number of Topliss-reactive ketones (excluding diaryl/α,β-unsaturated/α-hetero) is 1. The van der Waals surface area contributed by atoms with Crippen molar-refractivity contribution in [3.63, 3.8) is 0 Å². The molecule has 2 aromatic rings. The zero-order valence-corrected chi connectivity index (χ0v) is 20.1. The Hall–Kier alpha value is -3.79. The van der Waals surface area contributed by atoms with Gasteiger partial charge in [-0.1, -0.05) is 30.3 Å². The summed E-state index contributed by atoms with van der Waals surface area (Å²) < 4.78 is 6.71. The Balaban J connectivity index is 1.63. The van der Waals surface area contributed by atoms with E-state index in [1.165, 1.54) is 0 Å². The molecular weight excluding hydrogens is 452 g/mol. The van der Waals surface area contributed by atoms with Crippen molar-refractivity contribution >= 4 is 35.0 Å². The van der Waals surface area contributed by atoms with E-state index in [-0.39, 0.29) is 31.8 Å². The molecule has 0 aliphatic carbocycles. The van der Waals surface area contributed by atoms with Gasteiger partial charge in [0, 0.05) is 49.5 Å². The van der Waals surface area contributed by atoms with Gasteiger partial charge in [0.1, 0.15) is 0 Å². The molecule has 0 saturated heterocycles. The molecule has 1 aliphatic heterocycles. The van der Waals surface area contributed by atoms with Crippen molar-refractivity contribution in [2.75, 3.05) is 18.5 Å². The van der Waals surface area contributed by atoms with E-state index in [4.69, 9.17) is 9.57 Å². The number of carbonyl (C=O) groups excluding carboxylic acids is 4. The van der Waals surface area contributed by atoms with Crippen LogP contribution in [0.4, 0.5) is 5.69 Å². The van der Waals surface area contributed by atoms with E-state index in [0.717, 1.165) is 16.8 Å². The van der Waals surface area contributed by atoms with Gasteiger partial charge in [-0.25, -0.2) is 0 Å². The van der Waals surface area contributed by atoms with Crippen molar-refractivity contribution in [1.82, 2.24) is 10.0 Å². The van der Waals surface area contributed by atoms with Crippen LogP contribution >= 0.6 is 0 Å². The van der Waals surface area contributed by atoms with E-state index >= 15 is 0 Å². The summed E-state index contributed by atoms with van der Waals surface area (Å²) >= 11 is 0. The molecule has 0 saturated carbocycles. The van der Waals surface area contributed by atoms with Crippen LogP contribution in [0.15, 0.2) is 41.5 Å². The fourth-order valence-corrected chi connectivity index (χ4v) is 3.69. The van der Waals surface area contributed by atoms with Crippen LogP contribution in [-0.4, -0.2) is 53.1 Å². The summed E-state index contributed by atoms with van der Waals surface area (Å²) in [5.74, 6) is -1.99. The van der Waals surface area contributed by atoms with Crippen LogP contribution in [0.5, 0.6) is 0 Å². The molecule has 1 unspecified atom stereocenters. The molecule has 3 rings (SSSR count). The number of ketones is 1. The lowest BCUT2D eigenvalue weighted by Gasteiger charge is -2.11. The number of carbonyl (C=O) groups is 4. The minimum Gasteiger partial charge on any atom is -0.466 e. The molecule has 186 valence electrons. The highest BCUT2D eigenvalue weighted by molar-refractivity contribution is 6.24. The number of nitrogens with one attached hydrogen (secondary N) is 2. The molecule has 0 spiro atoms. The fraction of sp³-hybridized carbons (Fsp3) is 0.400. The Morgan fingerprint density at radius 2 is 1.86 bits per heavy atom. The van der Waals surface area contributed by atoms with Gasteiger partial charge >= 0.3 is 11.9 Å². The summed E-state index contributed by atoms with van der Waals surface area (Å²) in [7, 11) is 1.87. The number of aromatic nitrogens is 1. The van der Waals surface area contributed by atoms with Crippen molar-refractivity contribution in [3.05, 3.63) is 53.3 Å². The minimum absolute atomic E-state index is 0.204. The number of nitrogens with zero attached hydrogens (tertiary/aromatic N) is 2. The Bertz CT molecular complexity index is 1120. The lowest BCUT2D eigenvalue weighted by atomic mass is 10.0. The minimum atomic E-state index is -1.28. The van der Waals surface area contributed by atoms with Crippen LogP contribution in [0.3, 0.4) is 0 Å². The summed E-state index contributed by atoms with van der Waals surface area (Å²) in [4.78, 5) is 58.6. The average molecular weight is 483 g/mol. The molecule has 10 nitrogen and oxygen atoms in total. The molecule has 0 radical (unpaired) electrons. The number of ether oxygens (including phenoxy) is 1. The second-order valence-corrected chi connectivity index (χ2v) is 8.09.